The van der Waals surface area contributed by atoms with Crippen LogP contribution in [0.1, 0.15) is 37.8 Å². The number of hydrogen-bond donors (Lipinski definition) is 1. The lowest BCUT2D eigenvalue weighted by molar-refractivity contribution is 0.167. The van der Waals surface area contributed by atoms with Crippen LogP contribution in [0.3, 0.4) is 0 Å². The minimum absolute atomic E-state index is 0.00106. The van der Waals surface area contributed by atoms with Crippen molar-refractivity contribution in [1.82, 2.24) is 5.32 Å². The van der Waals surface area contributed by atoms with Crippen molar-refractivity contribution in [3.63, 3.8) is 0 Å². The normalized spacial score (nSPS) is 17.0. The minimum Gasteiger partial charge on any atom is -0.496 e. The molecule has 1 heterocycles. The summed E-state index contributed by atoms with van der Waals surface area (Å²) < 4.78 is 28.8. The van der Waals surface area contributed by atoms with Crippen LogP contribution in [0.4, 0.5) is 0 Å². The van der Waals surface area contributed by atoms with E-state index < -0.39 is 9.84 Å². The van der Waals surface area contributed by atoms with Crippen molar-refractivity contribution in [2.75, 3.05) is 19.4 Å². The third kappa shape index (κ3) is 4.32. The van der Waals surface area contributed by atoms with E-state index in [1.165, 1.54) is 6.26 Å². The van der Waals surface area contributed by atoms with Crippen molar-refractivity contribution in [3.8, 4) is 0 Å². The van der Waals surface area contributed by atoms with Gasteiger partial charge in [0.25, 0.3) is 0 Å². The first-order valence-electron chi connectivity index (χ1n) is 7.38. The second kappa shape index (κ2) is 7.09. The topological polar surface area (TPSA) is 55.4 Å². The summed E-state index contributed by atoms with van der Waals surface area (Å²) in [6.45, 7) is 3.75. The molecule has 0 saturated heterocycles. The van der Waals surface area contributed by atoms with E-state index in [-0.39, 0.29) is 6.04 Å². The standard InChI is InChI=1S/C16H23NO3S/c1-3-11-17-16(15-6-4-5-12-20-15)13-7-9-14(10-8-13)21(2,18)19/h6-10,16-17H,3-5,11-12H2,1-2H3. The Labute approximate surface area is 127 Å². The van der Waals surface area contributed by atoms with Gasteiger partial charge in [0, 0.05) is 6.26 Å². The van der Waals surface area contributed by atoms with E-state index >= 15 is 0 Å². The number of ether oxygens (including phenoxy) is 1. The highest BCUT2D eigenvalue weighted by Crippen LogP contribution is 2.27. The zero-order valence-corrected chi connectivity index (χ0v) is 13.4. The molecule has 0 spiro atoms. The van der Waals surface area contributed by atoms with Gasteiger partial charge in [0.1, 0.15) is 5.76 Å². The number of sulfone groups is 1. The molecule has 0 bridgehead atoms. The number of hydrogen-bond acceptors (Lipinski definition) is 4. The molecule has 0 fully saturated rings. The highest BCUT2D eigenvalue weighted by molar-refractivity contribution is 7.90. The van der Waals surface area contributed by atoms with Crippen LogP contribution < -0.4 is 5.32 Å². The highest BCUT2D eigenvalue weighted by atomic mass is 32.2. The summed E-state index contributed by atoms with van der Waals surface area (Å²) in [6, 6.07) is 7.05. The van der Waals surface area contributed by atoms with E-state index in [4.69, 9.17) is 4.74 Å². The average molecular weight is 309 g/mol. The molecule has 0 amide bonds. The summed E-state index contributed by atoms with van der Waals surface area (Å²) in [5.74, 6) is 0.946. The number of rotatable bonds is 6. The predicted molar refractivity (Wildman–Crippen MR) is 83.9 cm³/mol. The molecule has 0 saturated carbocycles. The summed E-state index contributed by atoms with van der Waals surface area (Å²) in [5, 5.41) is 3.47. The molecule has 1 atom stereocenters. The van der Waals surface area contributed by atoms with E-state index in [1.807, 2.05) is 12.1 Å². The monoisotopic (exact) mass is 309 g/mol. The Morgan fingerprint density at radius 2 is 2.00 bits per heavy atom. The summed E-state index contributed by atoms with van der Waals surface area (Å²) in [4.78, 5) is 0.346. The van der Waals surface area contributed by atoms with Gasteiger partial charge in [0.05, 0.1) is 17.5 Å². The zero-order valence-electron chi connectivity index (χ0n) is 12.6. The molecule has 0 aromatic heterocycles. The maximum Gasteiger partial charge on any atom is 0.175 e. The Balaban J connectivity index is 2.25. The first-order chi connectivity index (χ1) is 10.0. The van der Waals surface area contributed by atoms with Crippen molar-refractivity contribution >= 4 is 9.84 Å². The molecule has 2 rings (SSSR count). The van der Waals surface area contributed by atoms with Gasteiger partial charge in [-0.25, -0.2) is 8.42 Å². The van der Waals surface area contributed by atoms with Gasteiger partial charge >= 0.3 is 0 Å². The molecule has 1 aromatic carbocycles. The van der Waals surface area contributed by atoms with E-state index in [0.717, 1.165) is 43.7 Å². The van der Waals surface area contributed by atoms with Crippen LogP contribution in [0.15, 0.2) is 41.0 Å². The van der Waals surface area contributed by atoms with Crippen LogP contribution in [-0.4, -0.2) is 27.8 Å². The maximum absolute atomic E-state index is 11.5. The lowest BCUT2D eigenvalue weighted by atomic mass is 10.0. The SMILES string of the molecule is CCCNC(C1=CCCCO1)c1ccc(S(C)(=O)=O)cc1. The van der Waals surface area contributed by atoms with Gasteiger partial charge in [-0.05, 0) is 49.6 Å². The molecule has 116 valence electrons. The molecule has 1 aliphatic rings. The molecule has 0 aliphatic carbocycles. The summed E-state index contributed by atoms with van der Waals surface area (Å²) in [7, 11) is -3.15. The van der Waals surface area contributed by atoms with Crippen LogP contribution in [-0.2, 0) is 14.6 Å². The van der Waals surface area contributed by atoms with Gasteiger partial charge in [-0.15, -0.1) is 0 Å². The van der Waals surface area contributed by atoms with Gasteiger partial charge < -0.3 is 10.1 Å². The van der Waals surface area contributed by atoms with Crippen LogP contribution in [0, 0.1) is 0 Å². The Morgan fingerprint density at radius 3 is 2.52 bits per heavy atom. The van der Waals surface area contributed by atoms with Gasteiger partial charge in [-0.2, -0.15) is 0 Å². The Morgan fingerprint density at radius 1 is 1.29 bits per heavy atom. The number of allylic oxidation sites excluding steroid dienone is 1. The van der Waals surface area contributed by atoms with Gasteiger partial charge in [0.15, 0.2) is 9.84 Å². The number of nitrogens with one attached hydrogen (secondary N) is 1. The van der Waals surface area contributed by atoms with Crippen molar-refractivity contribution in [2.45, 2.75) is 37.1 Å². The van der Waals surface area contributed by atoms with Gasteiger partial charge in [-0.1, -0.05) is 19.1 Å². The molecule has 4 nitrogen and oxygen atoms in total. The first-order valence-corrected chi connectivity index (χ1v) is 9.27. The Kier molecular flexibility index (Phi) is 5.42. The third-order valence-electron chi connectivity index (χ3n) is 3.49. The average Bonchev–Trinajstić information content (AvgIpc) is 2.48. The van der Waals surface area contributed by atoms with E-state index in [9.17, 15) is 8.42 Å². The molecule has 1 unspecified atom stereocenters. The summed E-state index contributed by atoms with van der Waals surface area (Å²) in [5.41, 5.74) is 1.03. The van der Waals surface area contributed by atoms with Crippen molar-refractivity contribution in [3.05, 3.63) is 41.7 Å². The van der Waals surface area contributed by atoms with Crippen LogP contribution in [0.5, 0.6) is 0 Å². The first kappa shape index (κ1) is 16.0. The van der Waals surface area contributed by atoms with Crippen LogP contribution in [0.2, 0.25) is 0 Å². The van der Waals surface area contributed by atoms with Gasteiger partial charge in [0.2, 0.25) is 0 Å². The fourth-order valence-electron chi connectivity index (χ4n) is 2.36. The fourth-order valence-corrected chi connectivity index (χ4v) is 2.99. The van der Waals surface area contributed by atoms with E-state index in [2.05, 4.69) is 18.3 Å². The van der Waals surface area contributed by atoms with E-state index in [1.54, 1.807) is 12.1 Å². The molecule has 1 aliphatic heterocycles. The van der Waals surface area contributed by atoms with Crippen LogP contribution in [0.25, 0.3) is 0 Å². The smallest absolute Gasteiger partial charge is 0.175 e. The second-order valence-electron chi connectivity index (χ2n) is 5.33. The summed E-state index contributed by atoms with van der Waals surface area (Å²) >= 11 is 0. The van der Waals surface area contributed by atoms with E-state index in [0.29, 0.717) is 4.90 Å². The molecular formula is C16H23NO3S. The quantitative estimate of drug-likeness (QED) is 0.878. The lowest BCUT2D eigenvalue weighted by Crippen LogP contribution is -2.26. The Bertz CT molecular complexity index is 590. The number of benzene rings is 1. The van der Waals surface area contributed by atoms with Crippen molar-refractivity contribution < 1.29 is 13.2 Å². The van der Waals surface area contributed by atoms with Crippen molar-refractivity contribution in [1.29, 1.82) is 0 Å². The molecule has 5 heteroatoms. The fraction of sp³-hybridized carbons (Fsp3) is 0.500. The molecule has 21 heavy (non-hydrogen) atoms. The zero-order chi connectivity index (χ0) is 15.3. The molecule has 1 N–H and O–H groups in total. The summed E-state index contributed by atoms with van der Waals surface area (Å²) in [6.07, 6.45) is 6.46. The Hall–Kier alpha value is -1.33. The van der Waals surface area contributed by atoms with Gasteiger partial charge in [-0.3, -0.25) is 0 Å². The van der Waals surface area contributed by atoms with Crippen LogP contribution >= 0.6 is 0 Å². The maximum atomic E-state index is 11.5. The molecular weight excluding hydrogens is 286 g/mol. The third-order valence-corrected chi connectivity index (χ3v) is 4.62. The van der Waals surface area contributed by atoms with Crippen molar-refractivity contribution in [2.24, 2.45) is 0 Å². The highest BCUT2D eigenvalue weighted by Gasteiger charge is 2.19. The lowest BCUT2D eigenvalue weighted by Gasteiger charge is -2.25. The second-order valence-corrected chi connectivity index (χ2v) is 7.34. The predicted octanol–water partition coefficient (Wildman–Crippen LogP) is 2.83. The largest absolute Gasteiger partial charge is 0.496 e. The molecule has 1 aromatic rings. The molecule has 0 radical (unpaired) electrons. The minimum atomic E-state index is -3.15.